The number of amides is 1. The standard InChI is InChI=1S/C20H21BrN4O2/c1-27-18-4-2-16(14-17(18)21)3-5-20(26)23-19-9-13-25(24-19)12-8-15-6-10-22-11-7-15/h2,4,6-7,9-11,13-14H,3,5,8,12H2,1H3,(H,23,24,26). The summed E-state index contributed by atoms with van der Waals surface area (Å²) in [6.45, 7) is 0.750. The normalized spacial score (nSPS) is 10.6. The van der Waals surface area contributed by atoms with Crippen molar-refractivity contribution in [2.24, 2.45) is 0 Å². The zero-order valence-corrected chi connectivity index (χ0v) is 16.6. The largest absolute Gasteiger partial charge is 0.496 e. The van der Waals surface area contributed by atoms with E-state index in [1.165, 1.54) is 5.56 Å². The SMILES string of the molecule is COc1ccc(CCC(=O)Nc2ccn(CCc3ccncc3)n2)cc1Br. The number of halogens is 1. The number of methoxy groups -OCH3 is 1. The average molecular weight is 429 g/mol. The molecule has 1 N–H and O–H groups in total. The average Bonchev–Trinajstić information content (AvgIpc) is 3.13. The number of aromatic nitrogens is 3. The van der Waals surface area contributed by atoms with Gasteiger partial charge in [-0.3, -0.25) is 14.5 Å². The summed E-state index contributed by atoms with van der Waals surface area (Å²) in [5.41, 5.74) is 2.28. The second kappa shape index (κ2) is 9.32. The van der Waals surface area contributed by atoms with E-state index in [1.54, 1.807) is 19.5 Å². The maximum atomic E-state index is 12.2. The second-order valence-corrected chi connectivity index (χ2v) is 6.94. The maximum Gasteiger partial charge on any atom is 0.225 e. The lowest BCUT2D eigenvalue weighted by atomic mass is 10.1. The van der Waals surface area contributed by atoms with Crippen LogP contribution in [-0.2, 0) is 24.2 Å². The topological polar surface area (TPSA) is 69.0 Å². The molecular weight excluding hydrogens is 408 g/mol. The van der Waals surface area contributed by atoms with Gasteiger partial charge < -0.3 is 10.1 Å². The summed E-state index contributed by atoms with van der Waals surface area (Å²) >= 11 is 3.46. The highest BCUT2D eigenvalue weighted by atomic mass is 79.9. The Bertz CT molecular complexity index is 896. The number of ether oxygens (including phenoxy) is 1. The molecule has 0 radical (unpaired) electrons. The van der Waals surface area contributed by atoms with E-state index in [9.17, 15) is 4.79 Å². The highest BCUT2D eigenvalue weighted by Crippen LogP contribution is 2.26. The molecule has 0 atom stereocenters. The molecule has 0 aliphatic rings. The van der Waals surface area contributed by atoms with Crippen molar-refractivity contribution in [2.75, 3.05) is 12.4 Å². The van der Waals surface area contributed by atoms with Crippen molar-refractivity contribution in [3.8, 4) is 5.75 Å². The van der Waals surface area contributed by atoms with Crippen molar-refractivity contribution in [3.05, 3.63) is 70.6 Å². The number of anilines is 1. The van der Waals surface area contributed by atoms with E-state index >= 15 is 0 Å². The lowest BCUT2D eigenvalue weighted by molar-refractivity contribution is -0.116. The fourth-order valence-electron chi connectivity index (χ4n) is 2.67. The number of pyridine rings is 1. The van der Waals surface area contributed by atoms with E-state index in [4.69, 9.17) is 4.74 Å². The van der Waals surface area contributed by atoms with Crippen LogP contribution < -0.4 is 10.1 Å². The van der Waals surface area contributed by atoms with Crippen molar-refractivity contribution in [1.82, 2.24) is 14.8 Å². The number of hydrogen-bond acceptors (Lipinski definition) is 4. The van der Waals surface area contributed by atoms with Crippen molar-refractivity contribution in [1.29, 1.82) is 0 Å². The summed E-state index contributed by atoms with van der Waals surface area (Å²) in [4.78, 5) is 16.2. The van der Waals surface area contributed by atoms with E-state index in [0.717, 1.165) is 28.8 Å². The van der Waals surface area contributed by atoms with Gasteiger partial charge in [-0.15, -0.1) is 0 Å². The first-order valence-electron chi connectivity index (χ1n) is 8.68. The molecule has 0 aliphatic carbocycles. The fraction of sp³-hybridized carbons (Fsp3) is 0.250. The third-order valence-electron chi connectivity index (χ3n) is 4.14. The van der Waals surface area contributed by atoms with Gasteiger partial charge >= 0.3 is 0 Å². The van der Waals surface area contributed by atoms with Crippen LogP contribution in [0.1, 0.15) is 17.5 Å². The Hall–Kier alpha value is -2.67. The highest BCUT2D eigenvalue weighted by Gasteiger charge is 2.07. The van der Waals surface area contributed by atoms with E-state index < -0.39 is 0 Å². The van der Waals surface area contributed by atoms with Crippen LogP contribution in [0.4, 0.5) is 5.82 Å². The van der Waals surface area contributed by atoms with Gasteiger partial charge in [0.1, 0.15) is 5.75 Å². The van der Waals surface area contributed by atoms with Gasteiger partial charge in [-0.05, 0) is 64.2 Å². The first kappa shape index (κ1) is 19.1. The third-order valence-corrected chi connectivity index (χ3v) is 4.76. The molecule has 0 aliphatic heterocycles. The minimum atomic E-state index is -0.0543. The molecule has 3 aromatic rings. The molecule has 2 aromatic heterocycles. The molecule has 1 amide bonds. The van der Waals surface area contributed by atoms with Crippen molar-refractivity contribution >= 4 is 27.7 Å². The minimum Gasteiger partial charge on any atom is -0.496 e. The molecule has 0 unspecified atom stereocenters. The van der Waals surface area contributed by atoms with E-state index in [-0.39, 0.29) is 5.91 Å². The predicted molar refractivity (Wildman–Crippen MR) is 108 cm³/mol. The number of benzene rings is 1. The number of nitrogens with one attached hydrogen (secondary N) is 1. The van der Waals surface area contributed by atoms with Gasteiger partial charge in [0.2, 0.25) is 5.91 Å². The van der Waals surface area contributed by atoms with E-state index in [0.29, 0.717) is 18.7 Å². The number of carbonyl (C=O) groups excluding carboxylic acids is 1. The van der Waals surface area contributed by atoms with Gasteiger partial charge in [-0.1, -0.05) is 6.07 Å². The Balaban J connectivity index is 1.47. The highest BCUT2D eigenvalue weighted by molar-refractivity contribution is 9.10. The van der Waals surface area contributed by atoms with Crippen LogP contribution in [-0.4, -0.2) is 27.8 Å². The molecule has 7 heteroatoms. The molecule has 2 heterocycles. The van der Waals surface area contributed by atoms with Crippen LogP contribution in [0.5, 0.6) is 5.75 Å². The van der Waals surface area contributed by atoms with Crippen LogP contribution in [0.25, 0.3) is 0 Å². The van der Waals surface area contributed by atoms with Crippen LogP contribution in [0.2, 0.25) is 0 Å². The Morgan fingerprint density at radius 1 is 1.15 bits per heavy atom. The van der Waals surface area contributed by atoms with Crippen LogP contribution in [0.3, 0.4) is 0 Å². The number of carbonyl (C=O) groups is 1. The summed E-state index contributed by atoms with van der Waals surface area (Å²) < 4.78 is 7.93. The summed E-state index contributed by atoms with van der Waals surface area (Å²) in [6, 6.07) is 11.6. The first-order valence-corrected chi connectivity index (χ1v) is 9.48. The monoisotopic (exact) mass is 428 g/mol. The Morgan fingerprint density at radius 2 is 1.96 bits per heavy atom. The zero-order chi connectivity index (χ0) is 19.1. The lowest BCUT2D eigenvalue weighted by Gasteiger charge is -2.06. The number of rotatable bonds is 8. The summed E-state index contributed by atoms with van der Waals surface area (Å²) in [5, 5.41) is 7.25. The Morgan fingerprint density at radius 3 is 2.70 bits per heavy atom. The van der Waals surface area contributed by atoms with E-state index in [2.05, 4.69) is 31.3 Å². The Kier molecular flexibility index (Phi) is 6.59. The van der Waals surface area contributed by atoms with Crippen molar-refractivity contribution in [2.45, 2.75) is 25.8 Å². The molecule has 0 spiro atoms. The summed E-state index contributed by atoms with van der Waals surface area (Å²) in [7, 11) is 1.63. The van der Waals surface area contributed by atoms with Crippen molar-refractivity contribution in [3.63, 3.8) is 0 Å². The molecule has 0 bridgehead atoms. The smallest absolute Gasteiger partial charge is 0.225 e. The molecule has 0 saturated carbocycles. The van der Waals surface area contributed by atoms with Crippen LogP contribution >= 0.6 is 15.9 Å². The molecule has 3 rings (SSSR count). The molecule has 6 nitrogen and oxygen atoms in total. The lowest BCUT2D eigenvalue weighted by Crippen LogP contribution is -2.13. The van der Waals surface area contributed by atoms with Crippen LogP contribution in [0.15, 0.2) is 59.5 Å². The fourth-order valence-corrected chi connectivity index (χ4v) is 3.26. The zero-order valence-electron chi connectivity index (χ0n) is 15.1. The van der Waals surface area contributed by atoms with Crippen molar-refractivity contribution < 1.29 is 9.53 Å². The predicted octanol–water partition coefficient (Wildman–Crippen LogP) is 3.86. The van der Waals surface area contributed by atoms with Gasteiger partial charge in [0.15, 0.2) is 5.82 Å². The maximum absolute atomic E-state index is 12.2. The summed E-state index contributed by atoms with van der Waals surface area (Å²) in [5.74, 6) is 1.30. The first-order chi connectivity index (χ1) is 13.1. The van der Waals surface area contributed by atoms with E-state index in [1.807, 2.05) is 47.3 Å². The van der Waals surface area contributed by atoms with Gasteiger partial charge in [-0.25, -0.2) is 0 Å². The van der Waals surface area contributed by atoms with Gasteiger partial charge in [0, 0.05) is 37.6 Å². The Labute approximate surface area is 166 Å². The molecule has 0 fully saturated rings. The van der Waals surface area contributed by atoms with Crippen LogP contribution in [0, 0.1) is 0 Å². The molecule has 0 saturated heterocycles. The quantitative estimate of drug-likeness (QED) is 0.591. The number of aryl methyl sites for hydroxylation is 3. The number of nitrogens with zero attached hydrogens (tertiary/aromatic N) is 3. The van der Waals surface area contributed by atoms with Gasteiger partial charge in [0.25, 0.3) is 0 Å². The molecule has 1 aromatic carbocycles. The molecule has 140 valence electrons. The molecular formula is C20H21BrN4O2. The minimum absolute atomic E-state index is 0.0543. The van der Waals surface area contributed by atoms with Gasteiger partial charge in [0.05, 0.1) is 11.6 Å². The van der Waals surface area contributed by atoms with Gasteiger partial charge in [-0.2, -0.15) is 5.10 Å². The third kappa shape index (κ3) is 5.65. The number of hydrogen-bond donors (Lipinski definition) is 1. The summed E-state index contributed by atoms with van der Waals surface area (Å²) in [6.07, 6.45) is 7.35. The molecule has 27 heavy (non-hydrogen) atoms. The second-order valence-electron chi connectivity index (χ2n) is 6.09.